The average Bonchev–Trinajstić information content (AvgIpc) is 2.53. The molecule has 1 saturated carbocycles. The van der Waals surface area contributed by atoms with Gasteiger partial charge in [-0.15, -0.1) is 11.6 Å². The molecular weight excluding hydrogens is 284 g/mol. The van der Waals surface area contributed by atoms with Crippen LogP contribution in [0.5, 0.6) is 0 Å². The van der Waals surface area contributed by atoms with Crippen molar-refractivity contribution >= 4 is 17.9 Å². The fourth-order valence-corrected chi connectivity index (χ4v) is 3.01. The van der Waals surface area contributed by atoms with Gasteiger partial charge < -0.3 is 4.74 Å². The van der Waals surface area contributed by atoms with Crippen molar-refractivity contribution in [3.8, 4) is 0 Å². The van der Waals surface area contributed by atoms with Gasteiger partial charge in [-0.05, 0) is 44.9 Å². The monoisotopic (exact) mass is 314 g/mol. The minimum atomic E-state index is -0.396. The van der Waals surface area contributed by atoms with Crippen LogP contribution in [0.25, 0.3) is 0 Å². The second-order valence-electron chi connectivity index (χ2n) is 6.14. The highest BCUT2D eigenvalue weighted by molar-refractivity contribution is 6.27. The predicted octanol–water partition coefficient (Wildman–Crippen LogP) is 5.38. The highest BCUT2D eigenvalue weighted by atomic mass is 35.5. The van der Waals surface area contributed by atoms with Crippen LogP contribution in [0.1, 0.15) is 83.5 Å². The fraction of sp³-hybridized carbons (Fsp3) is 0.889. The summed E-state index contributed by atoms with van der Waals surface area (Å²) in [5, 5.41) is -0.396. The molecule has 0 N–H and O–H groups in total. The Labute approximate surface area is 136 Å². The Morgan fingerprint density at radius 2 is 1.57 bits per heavy atom. The molecule has 2 radical (unpaired) electrons. The minimum absolute atomic E-state index is 0.396. The molecule has 2 nitrogen and oxygen atoms in total. The Kier molecular flexibility index (Phi) is 12.3. The van der Waals surface area contributed by atoms with E-state index in [1.54, 1.807) is 0 Å². The van der Waals surface area contributed by atoms with E-state index in [1.807, 2.05) is 6.29 Å². The summed E-state index contributed by atoms with van der Waals surface area (Å²) in [6, 6.07) is 0. The summed E-state index contributed by atoms with van der Waals surface area (Å²) < 4.78 is 5.91. The number of rotatable bonds is 13. The molecule has 0 saturated heterocycles. The van der Waals surface area contributed by atoms with Gasteiger partial charge in [-0.2, -0.15) is 0 Å². The van der Waals surface area contributed by atoms with Crippen molar-refractivity contribution in [3.63, 3.8) is 0 Å². The van der Waals surface area contributed by atoms with Gasteiger partial charge in [0.05, 0.1) is 11.5 Å². The van der Waals surface area contributed by atoms with E-state index in [2.05, 4.69) is 6.42 Å². The van der Waals surface area contributed by atoms with Crippen molar-refractivity contribution < 1.29 is 9.53 Å². The van der Waals surface area contributed by atoms with Crippen LogP contribution in [0.15, 0.2) is 0 Å². The summed E-state index contributed by atoms with van der Waals surface area (Å²) in [6.45, 7) is 0.948. The molecule has 0 heterocycles. The summed E-state index contributed by atoms with van der Waals surface area (Å²) in [4.78, 5) is 10.2. The third-order valence-electron chi connectivity index (χ3n) is 4.22. The van der Waals surface area contributed by atoms with Crippen molar-refractivity contribution in [1.29, 1.82) is 0 Å². The van der Waals surface area contributed by atoms with Crippen LogP contribution in [-0.2, 0) is 9.53 Å². The zero-order chi connectivity index (χ0) is 15.2. The molecule has 0 amide bonds. The van der Waals surface area contributed by atoms with E-state index in [9.17, 15) is 4.79 Å². The Balaban J connectivity index is 1.73. The van der Waals surface area contributed by atoms with Gasteiger partial charge in [0.1, 0.15) is 0 Å². The second-order valence-corrected chi connectivity index (χ2v) is 6.67. The molecule has 0 spiro atoms. The smallest absolute Gasteiger partial charge is 0.217 e. The topological polar surface area (TPSA) is 26.3 Å². The van der Waals surface area contributed by atoms with Crippen molar-refractivity contribution in [2.45, 2.75) is 95.0 Å². The maximum absolute atomic E-state index is 10.2. The summed E-state index contributed by atoms with van der Waals surface area (Å²) in [6.07, 6.45) is 20.4. The number of halogens is 1. The zero-order valence-electron chi connectivity index (χ0n) is 13.3. The van der Waals surface area contributed by atoms with Crippen LogP contribution >= 0.6 is 11.6 Å². The first-order valence-electron chi connectivity index (χ1n) is 8.78. The zero-order valence-corrected chi connectivity index (χ0v) is 14.1. The van der Waals surface area contributed by atoms with Crippen LogP contribution in [0.4, 0.5) is 0 Å². The second kappa shape index (κ2) is 13.6. The molecular formula is C18H31ClO2. The Bertz CT molecular complexity index is 239. The van der Waals surface area contributed by atoms with Gasteiger partial charge in [-0.25, -0.2) is 0 Å². The first kappa shape index (κ1) is 19.0. The summed E-state index contributed by atoms with van der Waals surface area (Å²) in [5.74, 6) is 0. The van der Waals surface area contributed by atoms with E-state index in [0.29, 0.717) is 6.10 Å². The number of ether oxygens (including phenoxy) is 1. The molecule has 1 unspecified atom stereocenters. The lowest BCUT2D eigenvalue weighted by molar-refractivity contribution is 0.0326. The van der Waals surface area contributed by atoms with Crippen molar-refractivity contribution in [3.05, 3.63) is 6.42 Å². The lowest BCUT2D eigenvalue weighted by Gasteiger charge is -2.21. The largest absolute Gasteiger partial charge is 0.378 e. The molecule has 0 aromatic rings. The molecule has 0 aromatic heterocycles. The first-order valence-corrected chi connectivity index (χ1v) is 9.21. The lowest BCUT2D eigenvalue weighted by atomic mass is 9.98. The molecule has 1 fully saturated rings. The van der Waals surface area contributed by atoms with Crippen LogP contribution in [-0.4, -0.2) is 24.4 Å². The van der Waals surface area contributed by atoms with Crippen molar-refractivity contribution in [2.75, 3.05) is 6.61 Å². The summed E-state index contributed by atoms with van der Waals surface area (Å²) in [5.41, 5.74) is 0. The van der Waals surface area contributed by atoms with Crippen molar-refractivity contribution in [2.24, 2.45) is 0 Å². The lowest BCUT2D eigenvalue weighted by Crippen LogP contribution is -2.17. The number of alkyl halides is 1. The van der Waals surface area contributed by atoms with Gasteiger partial charge in [0.25, 0.3) is 0 Å². The predicted molar refractivity (Wildman–Crippen MR) is 89.4 cm³/mol. The maximum Gasteiger partial charge on any atom is 0.217 e. The van der Waals surface area contributed by atoms with Gasteiger partial charge in [0.15, 0.2) is 0 Å². The van der Waals surface area contributed by atoms with Crippen LogP contribution in [0.3, 0.4) is 0 Å². The Hall–Kier alpha value is -0.0800. The molecule has 3 heteroatoms. The molecule has 1 aliphatic rings. The summed E-state index contributed by atoms with van der Waals surface area (Å²) in [7, 11) is 0. The van der Waals surface area contributed by atoms with Gasteiger partial charge in [0.2, 0.25) is 6.29 Å². The number of hydrogen-bond acceptors (Lipinski definition) is 2. The molecule has 0 bridgehead atoms. The van der Waals surface area contributed by atoms with Crippen molar-refractivity contribution in [1.82, 2.24) is 0 Å². The SMILES string of the molecule is O=[C]C(Cl)CCCCCCCCCCOC1CC[CH]CC1. The van der Waals surface area contributed by atoms with E-state index in [1.165, 1.54) is 70.6 Å². The fourth-order valence-electron chi connectivity index (χ4n) is 2.86. The highest BCUT2D eigenvalue weighted by Crippen LogP contribution is 2.20. The number of hydrogen-bond donors (Lipinski definition) is 0. The molecule has 1 atom stereocenters. The molecule has 0 aliphatic heterocycles. The van der Waals surface area contributed by atoms with E-state index < -0.39 is 5.38 Å². The van der Waals surface area contributed by atoms with Crippen LogP contribution in [0, 0.1) is 6.42 Å². The van der Waals surface area contributed by atoms with Gasteiger partial charge >= 0.3 is 0 Å². The number of carbonyl (C=O) groups excluding carboxylic acids is 1. The van der Waals surface area contributed by atoms with Gasteiger partial charge in [-0.1, -0.05) is 44.9 Å². The van der Waals surface area contributed by atoms with E-state index >= 15 is 0 Å². The average molecular weight is 315 g/mol. The molecule has 1 aliphatic carbocycles. The Morgan fingerprint density at radius 1 is 1.00 bits per heavy atom. The Morgan fingerprint density at radius 3 is 2.19 bits per heavy atom. The van der Waals surface area contributed by atoms with E-state index in [0.717, 1.165) is 19.4 Å². The summed E-state index contributed by atoms with van der Waals surface area (Å²) >= 11 is 5.70. The minimum Gasteiger partial charge on any atom is -0.378 e. The molecule has 21 heavy (non-hydrogen) atoms. The molecule has 0 aromatic carbocycles. The third kappa shape index (κ3) is 11.2. The number of unbranched alkanes of at least 4 members (excludes halogenated alkanes) is 7. The van der Waals surface area contributed by atoms with E-state index in [4.69, 9.17) is 16.3 Å². The highest BCUT2D eigenvalue weighted by Gasteiger charge is 2.12. The maximum atomic E-state index is 10.2. The van der Waals surface area contributed by atoms with Crippen LogP contribution < -0.4 is 0 Å². The molecule has 1 rings (SSSR count). The van der Waals surface area contributed by atoms with Gasteiger partial charge in [0, 0.05) is 6.61 Å². The first-order chi connectivity index (χ1) is 10.3. The standard InChI is InChI=1S/C18H31ClO2/c19-17(16-20)12-8-5-3-1-2-4-6-11-15-21-18-13-9-7-10-14-18/h7,17-18H,1-6,8-15H2. The van der Waals surface area contributed by atoms with Crippen LogP contribution in [0.2, 0.25) is 0 Å². The normalized spacial score (nSPS) is 17.8. The van der Waals surface area contributed by atoms with Gasteiger partial charge in [-0.3, -0.25) is 4.79 Å². The quantitative estimate of drug-likeness (QED) is 0.337. The third-order valence-corrected chi connectivity index (χ3v) is 4.53. The molecule has 122 valence electrons. The van der Waals surface area contributed by atoms with E-state index in [-0.39, 0.29) is 0 Å².